The van der Waals surface area contributed by atoms with Crippen LogP contribution in [0.4, 0.5) is 0 Å². The monoisotopic (exact) mass is 1160 g/mol. The van der Waals surface area contributed by atoms with Gasteiger partial charge in [-0.05, 0) is 206 Å². The average molecular weight is 1160 g/mol. The largest absolute Gasteiger partial charge is 0.508 e. The van der Waals surface area contributed by atoms with Crippen molar-refractivity contribution in [2.45, 2.75) is 40.2 Å². The molecule has 0 amide bonds. The standard InChI is InChI=1S/C60H52O16S4/c61-45-17-29-57(30-18-45)79(67,68)59(75-51-11-3-1-4-12-51)15-9-43-73-49-25-37-55(38-26-49)77(63,64)53-33-21-47(22-34-53)71-41-7-8-42-72-48-23-35-54(36-24-48)78(65,66)56-39-27-50(28-40-56)74-44-10-16-60(76-52-13-5-2-6-14-52)80(69,70)58-31-19-46(62)20-32-58/h1-40,59-62H,41-44H2/b8-7-,15-9+,16-10+. The molecule has 20 heteroatoms. The number of rotatable bonds is 26. The summed E-state index contributed by atoms with van der Waals surface area (Å²) in [5, 5.41) is 19.3. The van der Waals surface area contributed by atoms with E-state index in [0.717, 1.165) is 0 Å². The Morgan fingerprint density at radius 3 is 0.825 bits per heavy atom. The van der Waals surface area contributed by atoms with E-state index in [1.54, 1.807) is 72.8 Å². The Labute approximate surface area is 464 Å². The van der Waals surface area contributed by atoms with Gasteiger partial charge in [0.2, 0.25) is 50.2 Å². The first-order valence-electron chi connectivity index (χ1n) is 24.4. The Balaban J connectivity index is 0.764. The fourth-order valence-corrected chi connectivity index (χ4v) is 12.6. The molecular weight excluding hydrogens is 1100 g/mol. The highest BCUT2D eigenvalue weighted by Gasteiger charge is 2.29. The van der Waals surface area contributed by atoms with Crippen molar-refractivity contribution >= 4 is 39.3 Å². The minimum Gasteiger partial charge on any atom is -0.508 e. The summed E-state index contributed by atoms with van der Waals surface area (Å²) in [6.45, 7) is 0.183. The van der Waals surface area contributed by atoms with E-state index >= 15 is 0 Å². The van der Waals surface area contributed by atoms with Crippen LogP contribution in [-0.4, -0.2) is 81.2 Å². The summed E-state index contributed by atoms with van der Waals surface area (Å²) < 4.78 is 142. The first-order valence-corrected chi connectivity index (χ1v) is 30.4. The molecule has 0 spiro atoms. The summed E-state index contributed by atoms with van der Waals surface area (Å²) in [5.41, 5.74) is -2.83. The fourth-order valence-electron chi connectivity index (χ4n) is 7.40. The minimum atomic E-state index is -4.04. The van der Waals surface area contributed by atoms with Crippen LogP contribution >= 0.6 is 0 Å². The SMILES string of the molecule is O=S(=O)(c1ccc(OC/C=C\COc2ccc(S(=O)(=O)c3ccc(OC/C=C/C(Oc4ccccc4)S(=O)(=O)c4ccc(O)cc4)cc3)cc2)cc1)c1ccc(OC/C=C/C(Oc2ccccc2)S(=O)(=O)c2ccc(O)cc2)cc1. The second kappa shape index (κ2) is 26.2. The van der Waals surface area contributed by atoms with Crippen LogP contribution in [0.3, 0.4) is 0 Å². The second-order valence-corrected chi connectivity index (χ2v) is 25.1. The Morgan fingerprint density at radius 1 is 0.300 bits per heavy atom. The molecular formula is C60H52O16S4. The van der Waals surface area contributed by atoms with Gasteiger partial charge in [-0.15, -0.1) is 0 Å². The molecule has 0 aliphatic heterocycles. The molecule has 8 aromatic carbocycles. The molecule has 0 aliphatic rings. The number of hydrogen-bond donors (Lipinski definition) is 2. The quantitative estimate of drug-likeness (QED) is 0.0480. The molecule has 0 aliphatic carbocycles. The van der Waals surface area contributed by atoms with Crippen LogP contribution in [0, 0.1) is 0 Å². The van der Waals surface area contributed by atoms with Crippen molar-refractivity contribution in [1.29, 1.82) is 0 Å². The zero-order chi connectivity index (χ0) is 56.6. The van der Waals surface area contributed by atoms with Crippen molar-refractivity contribution in [3.05, 3.63) is 243 Å². The highest BCUT2D eigenvalue weighted by molar-refractivity contribution is 7.92. The molecule has 0 aromatic heterocycles. The van der Waals surface area contributed by atoms with Crippen molar-refractivity contribution < 1.29 is 72.3 Å². The smallest absolute Gasteiger partial charge is 0.221 e. The molecule has 2 N–H and O–H groups in total. The summed E-state index contributed by atoms with van der Waals surface area (Å²) in [6.07, 6.45) is 9.09. The van der Waals surface area contributed by atoms with Gasteiger partial charge in [0.15, 0.2) is 0 Å². The lowest BCUT2D eigenvalue weighted by Crippen LogP contribution is -2.26. The molecule has 80 heavy (non-hydrogen) atoms. The van der Waals surface area contributed by atoms with Gasteiger partial charge in [0.1, 0.15) is 72.4 Å². The van der Waals surface area contributed by atoms with E-state index < -0.39 is 50.2 Å². The van der Waals surface area contributed by atoms with Crippen LogP contribution in [-0.2, 0) is 39.3 Å². The van der Waals surface area contributed by atoms with Gasteiger partial charge in [0.25, 0.3) is 0 Å². The molecule has 8 aromatic rings. The van der Waals surface area contributed by atoms with Crippen molar-refractivity contribution in [2.75, 3.05) is 26.4 Å². The highest BCUT2D eigenvalue weighted by Crippen LogP contribution is 2.29. The maximum atomic E-state index is 13.4. The number of sulfone groups is 4. The highest BCUT2D eigenvalue weighted by atomic mass is 32.2. The van der Waals surface area contributed by atoms with Crippen molar-refractivity contribution in [2.24, 2.45) is 0 Å². The van der Waals surface area contributed by atoms with Gasteiger partial charge >= 0.3 is 0 Å². The molecule has 0 radical (unpaired) electrons. The van der Waals surface area contributed by atoms with E-state index in [4.69, 9.17) is 28.4 Å². The number of ether oxygens (including phenoxy) is 6. The summed E-state index contributed by atoms with van der Waals surface area (Å²) >= 11 is 0. The molecule has 0 heterocycles. The van der Waals surface area contributed by atoms with Crippen molar-refractivity contribution in [1.82, 2.24) is 0 Å². The van der Waals surface area contributed by atoms with Gasteiger partial charge in [0.05, 0.1) is 29.4 Å². The van der Waals surface area contributed by atoms with Gasteiger partial charge in [-0.25, -0.2) is 33.7 Å². The van der Waals surface area contributed by atoms with Crippen LogP contribution in [0.1, 0.15) is 0 Å². The predicted molar refractivity (Wildman–Crippen MR) is 298 cm³/mol. The molecule has 8 rings (SSSR count). The molecule has 16 nitrogen and oxygen atoms in total. The Kier molecular flexibility index (Phi) is 18.8. The molecule has 0 fully saturated rings. The van der Waals surface area contributed by atoms with Crippen LogP contribution in [0.15, 0.2) is 272 Å². The Morgan fingerprint density at radius 2 is 0.550 bits per heavy atom. The first-order chi connectivity index (χ1) is 38.5. The average Bonchev–Trinajstić information content (AvgIpc) is 3.53. The topological polar surface area (TPSA) is 232 Å². The third kappa shape index (κ3) is 15.0. The summed E-state index contributed by atoms with van der Waals surface area (Å²) in [5.74, 6) is 2.02. The Bertz CT molecular complexity index is 3600. The van der Waals surface area contributed by atoms with Gasteiger partial charge in [-0.1, -0.05) is 36.4 Å². The van der Waals surface area contributed by atoms with E-state index in [1.807, 2.05) is 0 Å². The van der Waals surface area contributed by atoms with Crippen LogP contribution in [0.2, 0.25) is 0 Å². The normalized spacial score (nSPS) is 12.9. The van der Waals surface area contributed by atoms with E-state index in [2.05, 4.69) is 0 Å². The van der Waals surface area contributed by atoms with Gasteiger partial charge in [0, 0.05) is 0 Å². The second-order valence-electron chi connectivity index (χ2n) is 17.1. The van der Waals surface area contributed by atoms with E-state index in [1.165, 1.54) is 170 Å². The van der Waals surface area contributed by atoms with Gasteiger partial charge in [-0.3, -0.25) is 0 Å². The summed E-state index contributed by atoms with van der Waals surface area (Å²) in [7, 11) is -15.9. The molecule has 412 valence electrons. The third-order valence-corrected chi connectivity index (χ3v) is 18.8. The van der Waals surface area contributed by atoms with Crippen molar-refractivity contribution in [3.8, 4) is 46.0 Å². The summed E-state index contributed by atoms with van der Waals surface area (Å²) in [6, 6.07) is 50.6. The van der Waals surface area contributed by atoms with Crippen LogP contribution in [0.5, 0.6) is 46.0 Å². The van der Waals surface area contributed by atoms with Crippen LogP contribution in [0.25, 0.3) is 0 Å². The number of para-hydroxylation sites is 2. The number of phenols is 2. The number of phenolic OH excluding ortho intramolecular Hbond substituents is 2. The molecule has 0 saturated carbocycles. The van der Waals surface area contributed by atoms with E-state index in [-0.39, 0.29) is 67.3 Å². The maximum Gasteiger partial charge on any atom is 0.221 e. The predicted octanol–water partition coefficient (Wildman–Crippen LogP) is 10.4. The number of aromatic hydroxyl groups is 2. The molecule has 0 bridgehead atoms. The van der Waals surface area contributed by atoms with Gasteiger partial charge in [-0.2, -0.15) is 0 Å². The van der Waals surface area contributed by atoms with Gasteiger partial charge < -0.3 is 38.6 Å². The lowest BCUT2D eigenvalue weighted by atomic mass is 10.3. The molecule has 2 unspecified atom stereocenters. The van der Waals surface area contributed by atoms with E-state index in [0.29, 0.717) is 34.5 Å². The van der Waals surface area contributed by atoms with Crippen LogP contribution < -0.4 is 28.4 Å². The lowest BCUT2D eigenvalue weighted by Gasteiger charge is -2.17. The first kappa shape index (κ1) is 57.4. The molecule has 2 atom stereocenters. The zero-order valence-corrected chi connectivity index (χ0v) is 45.6. The Hall–Kier alpha value is -8.82. The fraction of sp³-hybridized carbons (Fsp3) is 0.100. The lowest BCUT2D eigenvalue weighted by molar-refractivity contribution is 0.313. The minimum absolute atomic E-state index is 0.0256. The van der Waals surface area contributed by atoms with E-state index in [9.17, 15) is 43.9 Å². The summed E-state index contributed by atoms with van der Waals surface area (Å²) in [4.78, 5) is 0.0379. The third-order valence-electron chi connectivity index (χ3n) is 11.6. The number of benzene rings is 8. The number of hydrogen-bond acceptors (Lipinski definition) is 16. The van der Waals surface area contributed by atoms with Crippen molar-refractivity contribution in [3.63, 3.8) is 0 Å². The molecule has 0 saturated heterocycles. The zero-order valence-electron chi connectivity index (χ0n) is 42.3. The maximum absolute atomic E-state index is 13.4.